The van der Waals surface area contributed by atoms with E-state index in [0.29, 0.717) is 29.5 Å². The maximum absolute atomic E-state index is 9.61. The van der Waals surface area contributed by atoms with E-state index in [1.165, 1.54) is 0 Å². The fourth-order valence-electron chi connectivity index (χ4n) is 2.79. The topological polar surface area (TPSA) is 70.9 Å². The van der Waals surface area contributed by atoms with Crippen molar-refractivity contribution in [3.8, 4) is 17.6 Å². The summed E-state index contributed by atoms with van der Waals surface area (Å²) in [7, 11) is 1.61. The van der Waals surface area contributed by atoms with E-state index < -0.39 is 0 Å². The Morgan fingerprint density at radius 1 is 1.22 bits per heavy atom. The molecule has 0 aliphatic heterocycles. The molecule has 5 heteroatoms. The molecule has 27 heavy (non-hydrogen) atoms. The van der Waals surface area contributed by atoms with Crippen LogP contribution in [0.4, 0.5) is 0 Å². The zero-order valence-corrected chi connectivity index (χ0v) is 15.9. The molecule has 2 aromatic carbocycles. The lowest BCUT2D eigenvalue weighted by Gasteiger charge is -2.11. The number of H-pyrrole nitrogens is 1. The van der Waals surface area contributed by atoms with Gasteiger partial charge in [-0.15, -0.1) is 0 Å². The molecule has 1 N–H and O–H groups in total. The van der Waals surface area contributed by atoms with Gasteiger partial charge in [0.25, 0.3) is 0 Å². The van der Waals surface area contributed by atoms with Crippen LogP contribution in [0.3, 0.4) is 0 Å². The standard InChI is InChI=1S/C22H23N3O2/c1-4-5-10-27-20-9-7-16(13-21(20)26-3)12-17(14-23)22-24-18-8-6-15(2)11-19(18)25-22/h6-9,11-13H,4-5,10H2,1-3H3,(H,24,25)/b17-12+. The molecule has 0 atom stereocenters. The van der Waals surface area contributed by atoms with Crippen molar-refractivity contribution in [3.05, 3.63) is 53.3 Å². The summed E-state index contributed by atoms with van der Waals surface area (Å²) >= 11 is 0. The number of ether oxygens (including phenoxy) is 2. The van der Waals surface area contributed by atoms with Gasteiger partial charge in [0.15, 0.2) is 11.5 Å². The molecule has 0 saturated heterocycles. The van der Waals surface area contributed by atoms with Gasteiger partial charge in [0.05, 0.1) is 30.3 Å². The third-order valence-corrected chi connectivity index (χ3v) is 4.27. The van der Waals surface area contributed by atoms with Gasteiger partial charge in [-0.1, -0.05) is 25.5 Å². The number of imidazole rings is 1. The fraction of sp³-hybridized carbons (Fsp3) is 0.273. The molecule has 0 aliphatic rings. The Morgan fingerprint density at radius 2 is 2.07 bits per heavy atom. The molecule has 1 heterocycles. The predicted molar refractivity (Wildman–Crippen MR) is 108 cm³/mol. The second-order valence-corrected chi connectivity index (χ2v) is 6.39. The van der Waals surface area contributed by atoms with Crippen molar-refractivity contribution in [2.24, 2.45) is 0 Å². The molecule has 0 aliphatic carbocycles. The normalized spacial score (nSPS) is 11.4. The molecule has 5 nitrogen and oxygen atoms in total. The maximum Gasteiger partial charge on any atom is 0.161 e. The Hall–Kier alpha value is -3.26. The van der Waals surface area contributed by atoms with Crippen LogP contribution in [0.5, 0.6) is 11.5 Å². The number of hydrogen-bond acceptors (Lipinski definition) is 4. The number of unbranched alkanes of at least 4 members (excludes halogenated alkanes) is 1. The Labute approximate surface area is 159 Å². The van der Waals surface area contributed by atoms with Gasteiger partial charge in [-0.05, 0) is 54.8 Å². The Kier molecular flexibility index (Phi) is 5.77. The molecule has 0 amide bonds. The predicted octanol–water partition coefficient (Wildman–Crippen LogP) is 5.12. The highest BCUT2D eigenvalue weighted by atomic mass is 16.5. The number of rotatable bonds is 7. The Bertz CT molecular complexity index is 1010. The largest absolute Gasteiger partial charge is 0.493 e. The van der Waals surface area contributed by atoms with Crippen molar-refractivity contribution < 1.29 is 9.47 Å². The van der Waals surface area contributed by atoms with Crippen LogP contribution in [0.2, 0.25) is 0 Å². The Morgan fingerprint density at radius 3 is 2.81 bits per heavy atom. The number of methoxy groups -OCH3 is 1. The zero-order chi connectivity index (χ0) is 19.2. The Balaban J connectivity index is 1.91. The van der Waals surface area contributed by atoms with E-state index in [-0.39, 0.29) is 0 Å². The number of aromatic amines is 1. The summed E-state index contributed by atoms with van der Waals surface area (Å²) in [6.45, 7) is 4.80. The van der Waals surface area contributed by atoms with Crippen LogP contribution in [-0.2, 0) is 0 Å². The summed E-state index contributed by atoms with van der Waals surface area (Å²) in [5.74, 6) is 1.92. The van der Waals surface area contributed by atoms with Crippen molar-refractivity contribution >= 4 is 22.7 Å². The molecule has 3 aromatic rings. The van der Waals surface area contributed by atoms with Gasteiger partial charge in [-0.3, -0.25) is 0 Å². The van der Waals surface area contributed by atoms with E-state index in [9.17, 15) is 5.26 Å². The summed E-state index contributed by atoms with van der Waals surface area (Å²) in [5.41, 5.74) is 4.22. The minimum Gasteiger partial charge on any atom is -0.493 e. The van der Waals surface area contributed by atoms with Crippen molar-refractivity contribution in [1.82, 2.24) is 9.97 Å². The van der Waals surface area contributed by atoms with Crippen LogP contribution in [0.25, 0.3) is 22.7 Å². The third kappa shape index (κ3) is 4.29. The van der Waals surface area contributed by atoms with Crippen molar-refractivity contribution in [3.63, 3.8) is 0 Å². The number of aromatic nitrogens is 2. The van der Waals surface area contributed by atoms with Crippen LogP contribution in [0, 0.1) is 18.3 Å². The minimum atomic E-state index is 0.463. The third-order valence-electron chi connectivity index (χ3n) is 4.27. The van der Waals surface area contributed by atoms with E-state index in [2.05, 4.69) is 23.0 Å². The summed E-state index contributed by atoms with van der Waals surface area (Å²) in [6.07, 6.45) is 3.86. The molecule has 0 fully saturated rings. The summed E-state index contributed by atoms with van der Waals surface area (Å²) < 4.78 is 11.2. The van der Waals surface area contributed by atoms with Crippen LogP contribution >= 0.6 is 0 Å². The maximum atomic E-state index is 9.61. The van der Waals surface area contributed by atoms with Gasteiger partial charge in [0.1, 0.15) is 11.9 Å². The number of allylic oxidation sites excluding steroid dienone is 1. The average Bonchev–Trinajstić information content (AvgIpc) is 3.09. The number of hydrogen-bond donors (Lipinski definition) is 1. The van der Waals surface area contributed by atoms with Crippen molar-refractivity contribution in [1.29, 1.82) is 5.26 Å². The lowest BCUT2D eigenvalue weighted by Crippen LogP contribution is -1.99. The molecule has 0 radical (unpaired) electrons. The number of nitriles is 1. The van der Waals surface area contributed by atoms with Gasteiger partial charge in [-0.2, -0.15) is 5.26 Å². The second-order valence-electron chi connectivity index (χ2n) is 6.39. The van der Waals surface area contributed by atoms with Gasteiger partial charge in [0.2, 0.25) is 0 Å². The van der Waals surface area contributed by atoms with Gasteiger partial charge < -0.3 is 14.5 Å². The first kappa shape index (κ1) is 18.5. The van der Waals surface area contributed by atoms with Gasteiger partial charge in [-0.25, -0.2) is 4.98 Å². The minimum absolute atomic E-state index is 0.463. The molecular weight excluding hydrogens is 338 g/mol. The zero-order valence-electron chi connectivity index (χ0n) is 15.9. The summed E-state index contributed by atoms with van der Waals surface area (Å²) in [5, 5.41) is 9.61. The number of benzene rings is 2. The van der Waals surface area contributed by atoms with E-state index >= 15 is 0 Å². The monoisotopic (exact) mass is 361 g/mol. The van der Waals surface area contributed by atoms with Crippen LogP contribution < -0.4 is 9.47 Å². The SMILES string of the molecule is CCCCOc1ccc(/C=C(\C#N)c2nc3ccc(C)cc3[nH]2)cc1OC. The number of fused-ring (bicyclic) bond motifs is 1. The molecule has 0 unspecified atom stereocenters. The number of aryl methyl sites for hydroxylation is 1. The van der Waals surface area contributed by atoms with E-state index in [1.807, 2.05) is 43.3 Å². The lowest BCUT2D eigenvalue weighted by molar-refractivity contribution is 0.288. The first-order chi connectivity index (χ1) is 13.1. The van der Waals surface area contributed by atoms with Crippen LogP contribution in [-0.4, -0.2) is 23.7 Å². The smallest absolute Gasteiger partial charge is 0.161 e. The van der Waals surface area contributed by atoms with E-state index in [1.54, 1.807) is 13.2 Å². The molecule has 0 bridgehead atoms. The molecule has 138 valence electrons. The molecule has 0 spiro atoms. The van der Waals surface area contributed by atoms with E-state index in [4.69, 9.17) is 9.47 Å². The quantitative estimate of drug-likeness (QED) is 0.468. The molecule has 3 rings (SSSR count). The molecule has 0 saturated carbocycles. The highest BCUT2D eigenvalue weighted by molar-refractivity contribution is 5.90. The molecule has 1 aromatic heterocycles. The van der Waals surface area contributed by atoms with Crippen LogP contribution in [0.15, 0.2) is 36.4 Å². The number of nitrogens with one attached hydrogen (secondary N) is 1. The fourth-order valence-corrected chi connectivity index (χ4v) is 2.79. The molecular formula is C22H23N3O2. The van der Waals surface area contributed by atoms with Crippen LogP contribution in [0.1, 0.15) is 36.7 Å². The second kappa shape index (κ2) is 8.41. The first-order valence-corrected chi connectivity index (χ1v) is 9.04. The first-order valence-electron chi connectivity index (χ1n) is 9.04. The summed E-state index contributed by atoms with van der Waals surface area (Å²) in [4.78, 5) is 7.75. The lowest BCUT2D eigenvalue weighted by atomic mass is 10.1. The van der Waals surface area contributed by atoms with Crippen molar-refractivity contribution in [2.75, 3.05) is 13.7 Å². The number of nitrogens with zero attached hydrogens (tertiary/aromatic N) is 2. The average molecular weight is 361 g/mol. The summed E-state index contributed by atoms with van der Waals surface area (Å²) in [6, 6.07) is 13.9. The van der Waals surface area contributed by atoms with Gasteiger partial charge in [0, 0.05) is 0 Å². The van der Waals surface area contributed by atoms with E-state index in [0.717, 1.165) is 35.0 Å². The highest BCUT2D eigenvalue weighted by Gasteiger charge is 2.10. The van der Waals surface area contributed by atoms with Crippen molar-refractivity contribution in [2.45, 2.75) is 26.7 Å². The highest BCUT2D eigenvalue weighted by Crippen LogP contribution is 2.30. The van der Waals surface area contributed by atoms with Gasteiger partial charge >= 0.3 is 0 Å².